The molecule has 0 aliphatic carbocycles. The zero-order chi connectivity index (χ0) is 7.72. The zero-order valence-corrected chi connectivity index (χ0v) is 6.76. The van der Waals surface area contributed by atoms with E-state index in [4.69, 9.17) is 5.84 Å². The van der Waals surface area contributed by atoms with Gasteiger partial charge in [0.15, 0.2) is 0 Å². The van der Waals surface area contributed by atoms with Crippen molar-refractivity contribution < 1.29 is 0 Å². The minimum atomic E-state index is 0.513. The average molecular weight is 138 g/mol. The molecule has 0 aromatic carbocycles. The van der Waals surface area contributed by atoms with Crippen LogP contribution in [0.3, 0.4) is 0 Å². The summed E-state index contributed by atoms with van der Waals surface area (Å²) in [5, 5.41) is 0. The summed E-state index contributed by atoms with van der Waals surface area (Å²) in [6, 6.07) is 4.11. The maximum Gasteiger partial charge on any atom is 0.0420 e. The first kappa shape index (κ1) is 7.19. The van der Waals surface area contributed by atoms with E-state index in [1.54, 1.807) is 4.68 Å². The van der Waals surface area contributed by atoms with Crippen molar-refractivity contribution in [3.8, 4) is 0 Å². The second-order valence-electron chi connectivity index (χ2n) is 2.92. The molecule has 0 fully saturated rings. The molecule has 2 nitrogen and oxygen atoms in total. The summed E-state index contributed by atoms with van der Waals surface area (Å²) < 4.78 is 1.74. The van der Waals surface area contributed by atoms with Crippen LogP contribution >= 0.6 is 0 Å². The van der Waals surface area contributed by atoms with Crippen molar-refractivity contribution in [3.63, 3.8) is 0 Å². The molecule has 0 saturated carbocycles. The van der Waals surface area contributed by atoms with Gasteiger partial charge in [-0.25, -0.2) is 0 Å². The maximum atomic E-state index is 5.72. The number of nitrogen functional groups attached to an aromatic ring is 1. The van der Waals surface area contributed by atoms with E-state index >= 15 is 0 Å². The van der Waals surface area contributed by atoms with Gasteiger partial charge in [0, 0.05) is 11.4 Å². The molecule has 0 spiro atoms. The molecule has 0 saturated heterocycles. The summed E-state index contributed by atoms with van der Waals surface area (Å²) in [6.45, 7) is 6.28. The topological polar surface area (TPSA) is 30.9 Å². The zero-order valence-electron chi connectivity index (χ0n) is 6.76. The van der Waals surface area contributed by atoms with Crippen molar-refractivity contribution in [2.75, 3.05) is 5.84 Å². The number of rotatable bonds is 1. The quantitative estimate of drug-likeness (QED) is 0.587. The second kappa shape index (κ2) is 2.37. The van der Waals surface area contributed by atoms with E-state index in [1.165, 1.54) is 5.69 Å². The molecule has 10 heavy (non-hydrogen) atoms. The van der Waals surface area contributed by atoms with E-state index < -0.39 is 0 Å². The molecule has 56 valence electrons. The predicted octanol–water partition coefficient (Wildman–Crippen LogP) is 1.63. The molecule has 1 aromatic rings. The van der Waals surface area contributed by atoms with Crippen LogP contribution in [0.4, 0.5) is 0 Å². The summed E-state index contributed by atoms with van der Waals surface area (Å²) in [5.41, 5.74) is 2.31. The number of nitrogens with zero attached hydrogens (tertiary/aromatic N) is 1. The van der Waals surface area contributed by atoms with Crippen LogP contribution in [-0.4, -0.2) is 4.68 Å². The summed E-state index contributed by atoms with van der Waals surface area (Å²) >= 11 is 0. The Morgan fingerprint density at radius 3 is 2.20 bits per heavy atom. The van der Waals surface area contributed by atoms with Gasteiger partial charge in [0.2, 0.25) is 0 Å². The fraction of sp³-hybridized carbons (Fsp3) is 0.500. The summed E-state index contributed by atoms with van der Waals surface area (Å²) in [7, 11) is 0. The largest absolute Gasteiger partial charge is 0.339 e. The minimum Gasteiger partial charge on any atom is -0.339 e. The number of aromatic nitrogens is 1. The van der Waals surface area contributed by atoms with Crippen molar-refractivity contribution in [2.24, 2.45) is 0 Å². The summed E-state index contributed by atoms with van der Waals surface area (Å²) in [4.78, 5) is 0. The van der Waals surface area contributed by atoms with Gasteiger partial charge in [0.1, 0.15) is 0 Å². The molecule has 1 rings (SSSR count). The van der Waals surface area contributed by atoms with Crippen molar-refractivity contribution in [1.82, 2.24) is 4.68 Å². The first-order chi connectivity index (χ1) is 4.63. The van der Waals surface area contributed by atoms with Gasteiger partial charge < -0.3 is 5.84 Å². The van der Waals surface area contributed by atoms with Crippen molar-refractivity contribution in [1.29, 1.82) is 0 Å². The SMILES string of the molecule is Cc1ccc(C(C)C)n1N. The van der Waals surface area contributed by atoms with Crippen molar-refractivity contribution in [3.05, 3.63) is 23.5 Å². The fourth-order valence-corrected chi connectivity index (χ4v) is 1.04. The lowest BCUT2D eigenvalue weighted by Crippen LogP contribution is -2.14. The third-order valence-corrected chi connectivity index (χ3v) is 1.74. The molecule has 0 aliphatic rings. The van der Waals surface area contributed by atoms with Crippen LogP contribution < -0.4 is 5.84 Å². The Balaban J connectivity index is 3.05. The van der Waals surface area contributed by atoms with Crippen molar-refractivity contribution in [2.45, 2.75) is 26.7 Å². The maximum absolute atomic E-state index is 5.72. The Hall–Kier alpha value is -0.920. The molecule has 1 heterocycles. The van der Waals surface area contributed by atoms with Crippen LogP contribution in [0.25, 0.3) is 0 Å². The standard InChI is InChI=1S/C8H14N2/c1-6(2)8-5-4-7(3)10(8)9/h4-6H,9H2,1-3H3. The molecule has 0 amide bonds. The Morgan fingerprint density at radius 2 is 2.00 bits per heavy atom. The monoisotopic (exact) mass is 138 g/mol. The minimum absolute atomic E-state index is 0.513. The van der Waals surface area contributed by atoms with Gasteiger partial charge in [-0.15, -0.1) is 0 Å². The first-order valence-electron chi connectivity index (χ1n) is 3.56. The van der Waals surface area contributed by atoms with Gasteiger partial charge in [-0.05, 0) is 25.0 Å². The third-order valence-electron chi connectivity index (χ3n) is 1.74. The highest BCUT2D eigenvalue weighted by Gasteiger charge is 2.04. The molecule has 0 aliphatic heterocycles. The van der Waals surface area contributed by atoms with E-state index in [1.807, 2.05) is 13.0 Å². The smallest absolute Gasteiger partial charge is 0.0420 e. The lowest BCUT2D eigenvalue weighted by molar-refractivity contribution is 0.757. The van der Waals surface area contributed by atoms with Gasteiger partial charge >= 0.3 is 0 Å². The molecule has 0 bridgehead atoms. The Morgan fingerprint density at radius 1 is 1.40 bits per heavy atom. The van der Waals surface area contributed by atoms with E-state index in [-0.39, 0.29) is 0 Å². The highest BCUT2D eigenvalue weighted by atomic mass is 15.3. The average Bonchev–Trinajstić information content (AvgIpc) is 2.14. The second-order valence-corrected chi connectivity index (χ2v) is 2.92. The van der Waals surface area contributed by atoms with Crippen LogP contribution in [0.5, 0.6) is 0 Å². The molecular formula is C8H14N2. The van der Waals surface area contributed by atoms with Gasteiger partial charge in [-0.2, -0.15) is 0 Å². The van der Waals surface area contributed by atoms with Crippen LogP contribution in [0.2, 0.25) is 0 Å². The Kier molecular flexibility index (Phi) is 1.70. The molecule has 1 aromatic heterocycles. The van der Waals surface area contributed by atoms with E-state index in [0.29, 0.717) is 5.92 Å². The molecule has 0 atom stereocenters. The number of nitrogens with two attached hydrogens (primary N) is 1. The van der Waals surface area contributed by atoms with Crippen molar-refractivity contribution >= 4 is 0 Å². The Labute approximate surface area is 61.6 Å². The lowest BCUT2D eigenvalue weighted by atomic mass is 10.1. The van der Waals surface area contributed by atoms with E-state index in [2.05, 4.69) is 19.9 Å². The molecular weight excluding hydrogens is 124 g/mol. The number of hydrogen-bond acceptors (Lipinski definition) is 1. The molecule has 2 N–H and O–H groups in total. The van der Waals surface area contributed by atoms with Gasteiger partial charge in [-0.1, -0.05) is 13.8 Å². The lowest BCUT2D eigenvalue weighted by Gasteiger charge is -2.06. The molecule has 2 heteroatoms. The van der Waals surface area contributed by atoms with E-state index in [9.17, 15) is 0 Å². The van der Waals surface area contributed by atoms with Gasteiger partial charge in [-0.3, -0.25) is 4.68 Å². The van der Waals surface area contributed by atoms with Crippen LogP contribution in [0.15, 0.2) is 12.1 Å². The summed E-state index contributed by atoms with van der Waals surface area (Å²) in [6.07, 6.45) is 0. The highest BCUT2D eigenvalue weighted by Crippen LogP contribution is 2.14. The fourth-order valence-electron chi connectivity index (χ4n) is 1.04. The normalized spacial score (nSPS) is 10.8. The number of hydrogen-bond donors (Lipinski definition) is 1. The van der Waals surface area contributed by atoms with Crippen LogP contribution in [-0.2, 0) is 0 Å². The number of aryl methyl sites for hydroxylation is 1. The molecule has 0 radical (unpaired) electrons. The predicted molar refractivity (Wildman–Crippen MR) is 43.4 cm³/mol. The Bertz CT molecular complexity index is 223. The van der Waals surface area contributed by atoms with Crippen LogP contribution in [0.1, 0.15) is 31.2 Å². The third kappa shape index (κ3) is 1.01. The summed E-state index contributed by atoms with van der Waals surface area (Å²) in [5.74, 6) is 6.23. The van der Waals surface area contributed by atoms with Gasteiger partial charge in [0.25, 0.3) is 0 Å². The first-order valence-corrected chi connectivity index (χ1v) is 3.56. The highest BCUT2D eigenvalue weighted by molar-refractivity contribution is 5.17. The van der Waals surface area contributed by atoms with E-state index in [0.717, 1.165) is 5.69 Å². The van der Waals surface area contributed by atoms with Crippen LogP contribution in [0, 0.1) is 6.92 Å². The van der Waals surface area contributed by atoms with Gasteiger partial charge in [0.05, 0.1) is 0 Å². The molecule has 0 unspecified atom stereocenters.